The molecule has 0 fully saturated rings. The molecular weight excluding hydrogens is 420 g/mol. The van der Waals surface area contributed by atoms with Crippen LogP contribution in [0.15, 0.2) is 34.9 Å². The number of carbonyl (C=O) groups is 1. The predicted molar refractivity (Wildman–Crippen MR) is 104 cm³/mol. The van der Waals surface area contributed by atoms with E-state index in [-0.39, 0.29) is 11.1 Å². The SMILES string of the molecule is COC(=O)c1ccc(OCC2(CN)CCCc3cc(Cl)ccc32)c(Br)n1. The summed E-state index contributed by atoms with van der Waals surface area (Å²) in [7, 11) is 1.32. The van der Waals surface area contributed by atoms with Gasteiger partial charge in [0.1, 0.15) is 10.3 Å². The van der Waals surface area contributed by atoms with Gasteiger partial charge < -0.3 is 15.2 Å². The van der Waals surface area contributed by atoms with Crippen LogP contribution in [0, 0.1) is 0 Å². The number of ether oxygens (including phenoxy) is 2. The predicted octanol–water partition coefficient (Wildman–Crippen LogP) is 3.90. The van der Waals surface area contributed by atoms with Crippen molar-refractivity contribution in [2.45, 2.75) is 24.7 Å². The highest BCUT2D eigenvalue weighted by molar-refractivity contribution is 9.10. The number of aryl methyl sites for hydroxylation is 1. The topological polar surface area (TPSA) is 74.4 Å². The number of halogens is 2. The monoisotopic (exact) mass is 438 g/mol. The van der Waals surface area contributed by atoms with Gasteiger partial charge in [-0.05, 0) is 70.6 Å². The van der Waals surface area contributed by atoms with E-state index in [0.29, 0.717) is 23.5 Å². The quantitative estimate of drug-likeness (QED) is 0.565. The van der Waals surface area contributed by atoms with Crippen LogP contribution < -0.4 is 10.5 Å². The summed E-state index contributed by atoms with van der Waals surface area (Å²) in [6.07, 6.45) is 2.98. The van der Waals surface area contributed by atoms with E-state index in [9.17, 15) is 4.79 Å². The Balaban J connectivity index is 1.84. The minimum absolute atomic E-state index is 0.220. The molecule has 0 spiro atoms. The highest BCUT2D eigenvalue weighted by Crippen LogP contribution is 2.39. The number of hydrogen-bond acceptors (Lipinski definition) is 5. The maximum absolute atomic E-state index is 11.6. The zero-order valence-corrected chi connectivity index (χ0v) is 16.8. The van der Waals surface area contributed by atoms with Crippen molar-refractivity contribution >= 4 is 33.5 Å². The van der Waals surface area contributed by atoms with E-state index in [1.54, 1.807) is 12.1 Å². The van der Waals surface area contributed by atoms with Crippen LogP contribution in [0.1, 0.15) is 34.5 Å². The molecule has 3 rings (SSSR count). The molecule has 138 valence electrons. The lowest BCUT2D eigenvalue weighted by molar-refractivity contribution is 0.0593. The normalized spacial score (nSPS) is 18.9. The summed E-state index contributed by atoms with van der Waals surface area (Å²) in [4.78, 5) is 15.8. The van der Waals surface area contributed by atoms with Crippen LogP contribution in [0.4, 0.5) is 0 Å². The Bertz CT molecular complexity index is 830. The molecule has 26 heavy (non-hydrogen) atoms. The summed E-state index contributed by atoms with van der Waals surface area (Å²) >= 11 is 9.50. The van der Waals surface area contributed by atoms with Crippen LogP contribution in [0.3, 0.4) is 0 Å². The molecule has 5 nitrogen and oxygen atoms in total. The van der Waals surface area contributed by atoms with Gasteiger partial charge in [0.05, 0.1) is 13.7 Å². The first-order chi connectivity index (χ1) is 12.5. The average molecular weight is 440 g/mol. The minimum atomic E-state index is -0.492. The molecule has 0 amide bonds. The number of hydrogen-bond donors (Lipinski definition) is 1. The summed E-state index contributed by atoms with van der Waals surface area (Å²) in [6, 6.07) is 9.26. The van der Waals surface area contributed by atoms with E-state index < -0.39 is 5.97 Å². The van der Waals surface area contributed by atoms with Gasteiger partial charge in [-0.2, -0.15) is 0 Å². The fourth-order valence-electron chi connectivity index (χ4n) is 3.42. The Hall–Kier alpha value is -1.63. The molecule has 7 heteroatoms. The van der Waals surface area contributed by atoms with Crippen LogP contribution in [-0.2, 0) is 16.6 Å². The van der Waals surface area contributed by atoms with E-state index in [1.165, 1.54) is 18.2 Å². The Morgan fingerprint density at radius 2 is 2.19 bits per heavy atom. The maximum atomic E-state index is 11.6. The molecular formula is C19H20BrClN2O3. The molecule has 1 aromatic heterocycles. The number of esters is 1. The number of aromatic nitrogens is 1. The molecule has 0 radical (unpaired) electrons. The van der Waals surface area contributed by atoms with Gasteiger partial charge >= 0.3 is 5.97 Å². The minimum Gasteiger partial charge on any atom is -0.490 e. The van der Waals surface area contributed by atoms with Crippen LogP contribution in [0.25, 0.3) is 0 Å². The Kier molecular flexibility index (Phi) is 5.85. The third kappa shape index (κ3) is 3.72. The highest BCUT2D eigenvalue weighted by Gasteiger charge is 2.36. The number of methoxy groups -OCH3 is 1. The highest BCUT2D eigenvalue weighted by atomic mass is 79.9. The first-order valence-corrected chi connectivity index (χ1v) is 9.53. The van der Waals surface area contributed by atoms with Gasteiger partial charge in [0.25, 0.3) is 0 Å². The van der Waals surface area contributed by atoms with Crippen LogP contribution in [-0.4, -0.2) is 31.2 Å². The third-order valence-electron chi connectivity index (χ3n) is 4.84. The molecule has 0 bridgehead atoms. The van der Waals surface area contributed by atoms with Gasteiger partial charge in [-0.15, -0.1) is 0 Å². The number of rotatable bonds is 5. The van der Waals surface area contributed by atoms with Crippen molar-refractivity contribution in [1.29, 1.82) is 0 Å². The van der Waals surface area contributed by atoms with Crippen molar-refractivity contribution in [2.75, 3.05) is 20.3 Å². The van der Waals surface area contributed by atoms with E-state index in [2.05, 4.69) is 31.7 Å². The van der Waals surface area contributed by atoms with E-state index in [4.69, 9.17) is 22.1 Å². The lowest BCUT2D eigenvalue weighted by Crippen LogP contribution is -2.43. The molecule has 0 saturated carbocycles. The first kappa shape index (κ1) is 19.1. The summed E-state index contributed by atoms with van der Waals surface area (Å²) in [6.45, 7) is 0.906. The molecule has 1 atom stereocenters. The molecule has 1 aliphatic rings. The van der Waals surface area contributed by atoms with Crippen LogP contribution in [0.5, 0.6) is 5.75 Å². The number of nitrogens with zero attached hydrogens (tertiary/aromatic N) is 1. The molecule has 1 unspecified atom stereocenters. The molecule has 1 aromatic carbocycles. The van der Waals surface area contributed by atoms with Crippen molar-refractivity contribution in [2.24, 2.45) is 5.73 Å². The number of nitrogens with two attached hydrogens (primary N) is 1. The molecule has 1 heterocycles. The summed E-state index contributed by atoms with van der Waals surface area (Å²) < 4.78 is 11.2. The van der Waals surface area contributed by atoms with Crippen molar-refractivity contribution in [3.8, 4) is 5.75 Å². The van der Waals surface area contributed by atoms with Crippen LogP contribution >= 0.6 is 27.5 Å². The summed E-state index contributed by atoms with van der Waals surface area (Å²) in [5, 5.41) is 0.739. The van der Waals surface area contributed by atoms with Crippen LogP contribution in [0.2, 0.25) is 5.02 Å². The van der Waals surface area contributed by atoms with Crippen molar-refractivity contribution in [3.63, 3.8) is 0 Å². The first-order valence-electron chi connectivity index (χ1n) is 8.36. The molecule has 0 saturated heterocycles. The number of carbonyl (C=O) groups excluding carboxylic acids is 1. The van der Waals surface area contributed by atoms with Gasteiger partial charge in [0, 0.05) is 17.0 Å². The average Bonchev–Trinajstić information content (AvgIpc) is 2.65. The standard InChI is InChI=1S/C19H20BrClN2O3/c1-25-18(24)15-6-7-16(17(20)23-15)26-11-19(10-22)8-2-3-12-9-13(21)4-5-14(12)19/h4-7,9H,2-3,8,10-11,22H2,1H3. The second kappa shape index (κ2) is 7.94. The molecule has 0 aliphatic heterocycles. The van der Waals surface area contributed by atoms with Gasteiger partial charge in [0.15, 0.2) is 5.75 Å². The van der Waals surface area contributed by atoms with Gasteiger partial charge in [0.2, 0.25) is 0 Å². The lowest BCUT2D eigenvalue weighted by Gasteiger charge is -2.38. The fourth-order valence-corrected chi connectivity index (χ4v) is 4.05. The summed E-state index contributed by atoms with van der Waals surface area (Å²) in [5.74, 6) is 0.0698. The third-order valence-corrected chi connectivity index (χ3v) is 5.65. The van der Waals surface area contributed by atoms with Crippen molar-refractivity contribution < 1.29 is 14.3 Å². The number of fused-ring (bicyclic) bond motifs is 1. The van der Waals surface area contributed by atoms with Gasteiger partial charge in [-0.3, -0.25) is 0 Å². The Labute approximate surface area is 166 Å². The zero-order valence-electron chi connectivity index (χ0n) is 14.4. The Morgan fingerprint density at radius 3 is 2.88 bits per heavy atom. The lowest BCUT2D eigenvalue weighted by atomic mass is 9.70. The zero-order chi connectivity index (χ0) is 18.7. The number of benzene rings is 1. The number of pyridine rings is 1. The Morgan fingerprint density at radius 1 is 1.38 bits per heavy atom. The maximum Gasteiger partial charge on any atom is 0.356 e. The molecule has 1 aliphatic carbocycles. The van der Waals surface area contributed by atoms with Gasteiger partial charge in [-0.25, -0.2) is 9.78 Å². The van der Waals surface area contributed by atoms with E-state index in [1.807, 2.05) is 12.1 Å². The summed E-state index contributed by atoms with van der Waals surface area (Å²) in [5.41, 5.74) is 8.56. The second-order valence-electron chi connectivity index (χ2n) is 6.41. The van der Waals surface area contributed by atoms with Crippen molar-refractivity contribution in [1.82, 2.24) is 4.98 Å². The van der Waals surface area contributed by atoms with E-state index >= 15 is 0 Å². The smallest absolute Gasteiger partial charge is 0.356 e. The largest absolute Gasteiger partial charge is 0.490 e. The van der Waals surface area contributed by atoms with Crippen molar-refractivity contribution in [3.05, 3.63) is 56.8 Å². The van der Waals surface area contributed by atoms with Gasteiger partial charge in [-0.1, -0.05) is 17.7 Å². The fraction of sp³-hybridized carbons (Fsp3) is 0.368. The molecule has 2 N–H and O–H groups in total. The van der Waals surface area contributed by atoms with E-state index in [0.717, 1.165) is 24.3 Å². The second-order valence-corrected chi connectivity index (χ2v) is 7.59. The molecule has 2 aromatic rings.